The monoisotopic (exact) mass is 167 g/mol. The molecule has 1 rings (SSSR count). The summed E-state index contributed by atoms with van der Waals surface area (Å²) in [5.41, 5.74) is 1.14. The Bertz CT molecular complexity index is 245. The van der Waals surface area contributed by atoms with Gasteiger partial charge in [-0.2, -0.15) is 0 Å². The molecular weight excluding hydrogens is 158 g/mol. The molecule has 0 radical (unpaired) electrons. The normalized spacial score (nSPS) is 9.55. The molecule has 1 heterocycles. The fraction of sp³-hybridized carbons (Fsp3) is 0.222. The van der Waals surface area contributed by atoms with E-state index in [0.29, 0.717) is 0 Å². The molecule has 0 bridgehead atoms. The van der Waals surface area contributed by atoms with Crippen LogP contribution in [0.3, 0.4) is 0 Å². The standard InChI is InChI=1S/C9H10ClN/c1-2-3-4-8-5-6-11-7-9(8)10/h2,5-7H,1,3-4H2. The van der Waals surface area contributed by atoms with Crippen molar-refractivity contribution in [2.45, 2.75) is 12.8 Å². The van der Waals surface area contributed by atoms with E-state index in [9.17, 15) is 0 Å². The maximum atomic E-state index is 5.86. The van der Waals surface area contributed by atoms with Gasteiger partial charge in [0.2, 0.25) is 0 Å². The van der Waals surface area contributed by atoms with Crippen LogP contribution in [0.1, 0.15) is 12.0 Å². The first-order valence-electron chi connectivity index (χ1n) is 3.54. The van der Waals surface area contributed by atoms with Gasteiger partial charge in [0.1, 0.15) is 0 Å². The van der Waals surface area contributed by atoms with Crippen molar-refractivity contribution in [3.8, 4) is 0 Å². The third-order valence-electron chi connectivity index (χ3n) is 1.47. The lowest BCUT2D eigenvalue weighted by atomic mass is 10.1. The van der Waals surface area contributed by atoms with Crippen LogP contribution in [-0.2, 0) is 6.42 Å². The van der Waals surface area contributed by atoms with E-state index < -0.39 is 0 Å². The third-order valence-corrected chi connectivity index (χ3v) is 1.81. The van der Waals surface area contributed by atoms with Gasteiger partial charge in [-0.25, -0.2) is 0 Å². The summed E-state index contributed by atoms with van der Waals surface area (Å²) < 4.78 is 0. The molecule has 1 aromatic rings. The van der Waals surface area contributed by atoms with E-state index in [0.717, 1.165) is 23.4 Å². The first kappa shape index (κ1) is 8.28. The summed E-state index contributed by atoms with van der Waals surface area (Å²) in [6.07, 6.45) is 7.22. The van der Waals surface area contributed by atoms with Crippen LogP contribution in [-0.4, -0.2) is 4.98 Å². The van der Waals surface area contributed by atoms with Crippen molar-refractivity contribution in [2.75, 3.05) is 0 Å². The fourth-order valence-corrected chi connectivity index (χ4v) is 1.08. The van der Waals surface area contributed by atoms with Gasteiger partial charge in [0.25, 0.3) is 0 Å². The Labute approximate surface area is 71.7 Å². The van der Waals surface area contributed by atoms with E-state index in [1.807, 2.05) is 12.1 Å². The van der Waals surface area contributed by atoms with Crippen molar-refractivity contribution < 1.29 is 0 Å². The minimum Gasteiger partial charge on any atom is -0.263 e. The summed E-state index contributed by atoms with van der Waals surface area (Å²) in [4.78, 5) is 3.90. The molecule has 0 unspecified atom stereocenters. The predicted molar refractivity (Wildman–Crippen MR) is 47.8 cm³/mol. The predicted octanol–water partition coefficient (Wildman–Crippen LogP) is 2.85. The van der Waals surface area contributed by atoms with Crippen LogP contribution in [0.5, 0.6) is 0 Å². The van der Waals surface area contributed by atoms with Crippen LogP contribution < -0.4 is 0 Å². The van der Waals surface area contributed by atoms with E-state index in [4.69, 9.17) is 11.6 Å². The van der Waals surface area contributed by atoms with Gasteiger partial charge in [0.05, 0.1) is 5.02 Å². The lowest BCUT2D eigenvalue weighted by molar-refractivity contribution is 0.997. The molecule has 0 spiro atoms. The Morgan fingerprint density at radius 2 is 2.45 bits per heavy atom. The average Bonchev–Trinajstić information content (AvgIpc) is 2.03. The summed E-state index contributed by atoms with van der Waals surface area (Å²) in [5, 5.41) is 0.745. The minimum absolute atomic E-state index is 0.745. The van der Waals surface area contributed by atoms with Gasteiger partial charge in [-0.15, -0.1) is 6.58 Å². The van der Waals surface area contributed by atoms with Crippen molar-refractivity contribution in [3.63, 3.8) is 0 Å². The number of aryl methyl sites for hydroxylation is 1. The number of hydrogen-bond acceptors (Lipinski definition) is 1. The number of rotatable bonds is 3. The van der Waals surface area contributed by atoms with Gasteiger partial charge < -0.3 is 0 Å². The third kappa shape index (κ3) is 2.35. The molecular formula is C9H10ClN. The van der Waals surface area contributed by atoms with Gasteiger partial charge in [0.15, 0.2) is 0 Å². The molecule has 0 atom stereocenters. The van der Waals surface area contributed by atoms with Gasteiger partial charge in [-0.05, 0) is 24.5 Å². The number of pyridine rings is 1. The SMILES string of the molecule is C=CCCc1ccncc1Cl. The molecule has 0 aliphatic rings. The van der Waals surface area contributed by atoms with Crippen LogP contribution in [0.4, 0.5) is 0 Å². The summed E-state index contributed by atoms with van der Waals surface area (Å²) in [7, 11) is 0. The number of hydrogen-bond donors (Lipinski definition) is 0. The zero-order chi connectivity index (χ0) is 8.10. The van der Waals surface area contributed by atoms with Crippen molar-refractivity contribution >= 4 is 11.6 Å². The van der Waals surface area contributed by atoms with E-state index in [2.05, 4.69) is 11.6 Å². The molecule has 0 fully saturated rings. The van der Waals surface area contributed by atoms with Gasteiger partial charge in [-0.1, -0.05) is 17.7 Å². The van der Waals surface area contributed by atoms with Gasteiger partial charge in [0, 0.05) is 12.4 Å². The Morgan fingerprint density at radius 3 is 3.09 bits per heavy atom. The van der Waals surface area contributed by atoms with E-state index in [1.165, 1.54) is 0 Å². The lowest BCUT2D eigenvalue weighted by Gasteiger charge is -1.99. The summed E-state index contributed by atoms with van der Waals surface area (Å²) in [6, 6.07) is 1.94. The van der Waals surface area contributed by atoms with Gasteiger partial charge in [-0.3, -0.25) is 4.98 Å². The minimum atomic E-state index is 0.745. The van der Waals surface area contributed by atoms with E-state index in [-0.39, 0.29) is 0 Å². The molecule has 2 heteroatoms. The van der Waals surface area contributed by atoms with Crippen LogP contribution in [0, 0.1) is 0 Å². The second-order valence-electron chi connectivity index (χ2n) is 2.29. The maximum absolute atomic E-state index is 5.86. The molecule has 0 saturated carbocycles. The molecule has 0 N–H and O–H groups in total. The molecule has 1 nitrogen and oxygen atoms in total. The molecule has 0 aliphatic carbocycles. The van der Waals surface area contributed by atoms with Gasteiger partial charge >= 0.3 is 0 Å². The molecule has 0 aromatic carbocycles. The fourth-order valence-electron chi connectivity index (χ4n) is 0.864. The number of aromatic nitrogens is 1. The second kappa shape index (κ2) is 4.14. The summed E-state index contributed by atoms with van der Waals surface area (Å²) in [6.45, 7) is 3.65. The summed E-state index contributed by atoms with van der Waals surface area (Å²) in [5.74, 6) is 0. The quantitative estimate of drug-likeness (QED) is 0.631. The Kier molecular flexibility index (Phi) is 3.12. The van der Waals surface area contributed by atoms with Crippen molar-refractivity contribution in [1.29, 1.82) is 0 Å². The smallest absolute Gasteiger partial charge is 0.0621 e. The Hall–Kier alpha value is -0.820. The number of halogens is 1. The highest BCUT2D eigenvalue weighted by atomic mass is 35.5. The maximum Gasteiger partial charge on any atom is 0.0621 e. The number of nitrogens with zero attached hydrogens (tertiary/aromatic N) is 1. The highest BCUT2D eigenvalue weighted by Gasteiger charge is 1.96. The molecule has 58 valence electrons. The Morgan fingerprint density at radius 1 is 1.64 bits per heavy atom. The van der Waals surface area contributed by atoms with Crippen LogP contribution in [0.15, 0.2) is 31.1 Å². The Balaban J connectivity index is 2.69. The van der Waals surface area contributed by atoms with Crippen LogP contribution in [0.25, 0.3) is 0 Å². The average molecular weight is 168 g/mol. The highest BCUT2D eigenvalue weighted by molar-refractivity contribution is 6.31. The molecule has 0 saturated heterocycles. The second-order valence-corrected chi connectivity index (χ2v) is 2.70. The lowest BCUT2D eigenvalue weighted by Crippen LogP contribution is -1.85. The molecule has 0 amide bonds. The zero-order valence-electron chi connectivity index (χ0n) is 6.26. The van der Waals surface area contributed by atoms with E-state index in [1.54, 1.807) is 12.4 Å². The molecule has 1 aromatic heterocycles. The number of allylic oxidation sites excluding steroid dienone is 1. The van der Waals surface area contributed by atoms with Crippen molar-refractivity contribution in [3.05, 3.63) is 41.7 Å². The molecule has 11 heavy (non-hydrogen) atoms. The largest absolute Gasteiger partial charge is 0.263 e. The van der Waals surface area contributed by atoms with Crippen LogP contribution in [0.2, 0.25) is 5.02 Å². The zero-order valence-corrected chi connectivity index (χ0v) is 7.01. The van der Waals surface area contributed by atoms with Crippen molar-refractivity contribution in [2.24, 2.45) is 0 Å². The summed E-state index contributed by atoms with van der Waals surface area (Å²) >= 11 is 5.86. The highest BCUT2D eigenvalue weighted by Crippen LogP contribution is 2.14. The van der Waals surface area contributed by atoms with E-state index >= 15 is 0 Å². The first-order chi connectivity index (χ1) is 5.34. The first-order valence-corrected chi connectivity index (χ1v) is 3.91. The topological polar surface area (TPSA) is 12.9 Å². The van der Waals surface area contributed by atoms with Crippen molar-refractivity contribution in [1.82, 2.24) is 4.98 Å². The van der Waals surface area contributed by atoms with Crippen LogP contribution >= 0.6 is 11.6 Å². The molecule has 0 aliphatic heterocycles.